The van der Waals surface area contributed by atoms with E-state index in [-0.39, 0.29) is 0 Å². The molecule has 1 nitrogen and oxygen atoms in total. The quantitative estimate of drug-likeness (QED) is 0.707. The molecule has 0 radical (unpaired) electrons. The van der Waals surface area contributed by atoms with Crippen molar-refractivity contribution in [1.29, 1.82) is 0 Å². The van der Waals surface area contributed by atoms with Gasteiger partial charge in [-0.05, 0) is 39.0 Å². The molecule has 1 rings (SSSR count). The Bertz CT molecular complexity index is 168. The fraction of sp³-hybridized carbons (Fsp3) is 0.556. The van der Waals surface area contributed by atoms with Gasteiger partial charge >= 0.3 is 0 Å². The third-order valence-corrected chi connectivity index (χ3v) is 2.33. The highest BCUT2D eigenvalue weighted by Crippen LogP contribution is 2.20. The first-order valence-electron chi connectivity index (χ1n) is 3.96. The summed E-state index contributed by atoms with van der Waals surface area (Å²) < 4.78 is 1.18. The monoisotopic (exact) mass is 263 g/mol. The molecular weight excluding hydrogens is 249 g/mol. The molecule has 0 aromatic carbocycles. The maximum Gasteiger partial charge on any atom is 0.0175 e. The van der Waals surface area contributed by atoms with Crippen LogP contribution in [0.5, 0.6) is 0 Å². The second kappa shape index (κ2) is 4.14. The van der Waals surface area contributed by atoms with E-state index < -0.39 is 0 Å². The summed E-state index contributed by atoms with van der Waals surface area (Å²) in [5.74, 6) is 0. The number of likely N-dealkylation sites (tertiary alicyclic amines) is 1. The molecule has 0 unspecified atom stereocenters. The van der Waals surface area contributed by atoms with Crippen molar-refractivity contribution in [2.24, 2.45) is 0 Å². The van der Waals surface area contributed by atoms with Gasteiger partial charge in [0.05, 0.1) is 0 Å². The normalized spacial score (nSPS) is 17.0. The van der Waals surface area contributed by atoms with Gasteiger partial charge in [0.1, 0.15) is 0 Å². The second-order valence-electron chi connectivity index (χ2n) is 2.95. The van der Waals surface area contributed by atoms with Crippen LogP contribution in [0, 0.1) is 0 Å². The first kappa shape index (κ1) is 9.10. The Morgan fingerprint density at radius 3 is 2.27 bits per heavy atom. The lowest BCUT2D eigenvalue weighted by molar-refractivity contribution is 0.420. The summed E-state index contributed by atoms with van der Waals surface area (Å²) in [7, 11) is 0. The van der Waals surface area contributed by atoms with Crippen LogP contribution in [0.15, 0.2) is 22.4 Å². The zero-order chi connectivity index (χ0) is 8.27. The van der Waals surface area contributed by atoms with Crippen LogP contribution >= 0.6 is 22.6 Å². The number of hydrogen-bond acceptors (Lipinski definition) is 1. The van der Waals surface area contributed by atoms with Crippen LogP contribution in [0.3, 0.4) is 0 Å². The van der Waals surface area contributed by atoms with E-state index >= 15 is 0 Å². The van der Waals surface area contributed by atoms with Gasteiger partial charge in [-0.15, -0.1) is 0 Å². The maximum absolute atomic E-state index is 4.04. The summed E-state index contributed by atoms with van der Waals surface area (Å²) in [6, 6.07) is 0. The van der Waals surface area contributed by atoms with Crippen LogP contribution in [0.25, 0.3) is 0 Å². The summed E-state index contributed by atoms with van der Waals surface area (Å²) in [6.45, 7) is 10.3. The number of allylic oxidation sites excluding steroid dienone is 1. The Balaban J connectivity index is 2.34. The van der Waals surface area contributed by atoms with Crippen LogP contribution in [0.2, 0.25) is 0 Å². The fourth-order valence-electron chi connectivity index (χ4n) is 1.37. The van der Waals surface area contributed by atoms with Gasteiger partial charge in [0.2, 0.25) is 0 Å². The zero-order valence-electron chi connectivity index (χ0n) is 6.77. The smallest absolute Gasteiger partial charge is 0.0175 e. The molecule has 1 fully saturated rings. The molecule has 0 N–H and O–H groups in total. The van der Waals surface area contributed by atoms with Crippen LogP contribution < -0.4 is 0 Å². The van der Waals surface area contributed by atoms with Crippen molar-refractivity contribution in [3.63, 3.8) is 0 Å². The van der Waals surface area contributed by atoms with Crippen molar-refractivity contribution in [1.82, 2.24) is 4.90 Å². The van der Waals surface area contributed by atoms with Gasteiger partial charge < -0.3 is 4.90 Å². The van der Waals surface area contributed by atoms with Crippen LogP contribution in [-0.4, -0.2) is 18.0 Å². The highest BCUT2D eigenvalue weighted by atomic mass is 127. The van der Waals surface area contributed by atoms with E-state index in [0.717, 1.165) is 6.42 Å². The standard InChI is InChI=1S/C9H14IN/c1-8(10)7-9(2)11-5-3-4-6-11/h1-7H2. The maximum atomic E-state index is 4.04. The highest BCUT2D eigenvalue weighted by Gasteiger charge is 2.12. The number of rotatable bonds is 3. The van der Waals surface area contributed by atoms with Gasteiger partial charge in [0, 0.05) is 25.2 Å². The molecule has 1 aliphatic heterocycles. The van der Waals surface area contributed by atoms with Gasteiger partial charge in [-0.25, -0.2) is 0 Å². The molecule has 11 heavy (non-hydrogen) atoms. The lowest BCUT2D eigenvalue weighted by Crippen LogP contribution is -2.17. The van der Waals surface area contributed by atoms with Crippen molar-refractivity contribution in [3.05, 3.63) is 22.4 Å². The molecule has 0 aromatic rings. The van der Waals surface area contributed by atoms with Crippen LogP contribution in [-0.2, 0) is 0 Å². The van der Waals surface area contributed by atoms with Crippen LogP contribution in [0.1, 0.15) is 19.3 Å². The van der Waals surface area contributed by atoms with E-state index in [2.05, 4.69) is 40.6 Å². The minimum Gasteiger partial charge on any atom is -0.375 e. The molecule has 0 amide bonds. The Morgan fingerprint density at radius 1 is 1.27 bits per heavy atom. The lowest BCUT2D eigenvalue weighted by atomic mass is 10.3. The molecule has 1 aliphatic rings. The summed E-state index contributed by atoms with van der Waals surface area (Å²) in [6.07, 6.45) is 3.61. The third kappa shape index (κ3) is 2.85. The van der Waals surface area contributed by atoms with Gasteiger partial charge in [0.15, 0.2) is 0 Å². The first-order valence-corrected chi connectivity index (χ1v) is 5.04. The molecule has 0 aliphatic carbocycles. The molecule has 0 saturated carbocycles. The van der Waals surface area contributed by atoms with Crippen molar-refractivity contribution < 1.29 is 0 Å². The van der Waals surface area contributed by atoms with Gasteiger partial charge in [-0.2, -0.15) is 0 Å². The van der Waals surface area contributed by atoms with E-state index in [0.29, 0.717) is 0 Å². The van der Waals surface area contributed by atoms with Crippen molar-refractivity contribution >= 4 is 22.6 Å². The topological polar surface area (TPSA) is 3.24 Å². The van der Waals surface area contributed by atoms with Crippen molar-refractivity contribution in [3.8, 4) is 0 Å². The minimum absolute atomic E-state index is 0.959. The van der Waals surface area contributed by atoms with E-state index in [9.17, 15) is 0 Å². The molecule has 62 valence electrons. The van der Waals surface area contributed by atoms with E-state index in [1.54, 1.807) is 0 Å². The molecule has 2 heteroatoms. The number of hydrogen-bond donors (Lipinski definition) is 0. The van der Waals surface area contributed by atoms with Gasteiger partial charge in [-0.1, -0.05) is 13.2 Å². The first-order chi connectivity index (χ1) is 5.20. The molecule has 0 atom stereocenters. The average Bonchev–Trinajstić information content (AvgIpc) is 2.35. The van der Waals surface area contributed by atoms with Crippen LogP contribution in [0.4, 0.5) is 0 Å². The van der Waals surface area contributed by atoms with E-state index in [4.69, 9.17) is 0 Å². The lowest BCUT2D eigenvalue weighted by Gasteiger charge is -2.19. The Labute approximate surface area is 82.3 Å². The third-order valence-electron chi connectivity index (χ3n) is 1.95. The second-order valence-corrected chi connectivity index (χ2v) is 4.48. The fourth-order valence-corrected chi connectivity index (χ4v) is 1.81. The SMILES string of the molecule is C=C(I)CC(=C)N1CCCC1. The van der Waals surface area contributed by atoms with Gasteiger partial charge in [-0.3, -0.25) is 0 Å². The molecular formula is C9H14IN. The Kier molecular flexibility index (Phi) is 3.43. The van der Waals surface area contributed by atoms with E-state index in [1.165, 1.54) is 35.2 Å². The molecule has 0 bridgehead atoms. The zero-order valence-corrected chi connectivity index (χ0v) is 8.93. The molecule has 1 heterocycles. The average molecular weight is 263 g/mol. The number of nitrogens with zero attached hydrogens (tertiary/aromatic N) is 1. The molecule has 0 aromatic heterocycles. The summed E-state index contributed by atoms with van der Waals surface area (Å²) in [5, 5.41) is 0. The minimum atomic E-state index is 0.959. The Hall–Kier alpha value is 0.01000. The Morgan fingerprint density at radius 2 is 1.82 bits per heavy atom. The van der Waals surface area contributed by atoms with Crippen molar-refractivity contribution in [2.75, 3.05) is 13.1 Å². The summed E-state index contributed by atoms with van der Waals surface area (Å²) >= 11 is 2.26. The summed E-state index contributed by atoms with van der Waals surface area (Å²) in [5.41, 5.74) is 1.24. The highest BCUT2D eigenvalue weighted by molar-refractivity contribution is 14.1. The van der Waals surface area contributed by atoms with Crippen molar-refractivity contribution in [2.45, 2.75) is 19.3 Å². The van der Waals surface area contributed by atoms with E-state index in [1.807, 2.05) is 0 Å². The largest absolute Gasteiger partial charge is 0.375 e. The predicted molar refractivity (Wildman–Crippen MR) is 57.7 cm³/mol. The van der Waals surface area contributed by atoms with Gasteiger partial charge in [0.25, 0.3) is 0 Å². The summed E-state index contributed by atoms with van der Waals surface area (Å²) in [4.78, 5) is 2.36. The molecule has 0 spiro atoms. The predicted octanol–water partition coefficient (Wildman–Crippen LogP) is 2.93. The molecule has 1 saturated heterocycles. The number of halogens is 1.